The first-order valence-corrected chi connectivity index (χ1v) is 6.44. The summed E-state index contributed by atoms with van der Waals surface area (Å²) in [5.74, 6) is 0.0670. The number of nitrogens with one attached hydrogen (secondary N) is 1. The summed E-state index contributed by atoms with van der Waals surface area (Å²) in [6.45, 7) is 1.14. The molecule has 1 aliphatic rings. The van der Waals surface area contributed by atoms with Crippen LogP contribution in [0.2, 0.25) is 0 Å². The van der Waals surface area contributed by atoms with Crippen LogP contribution in [0.5, 0.6) is 0 Å². The molecule has 17 heavy (non-hydrogen) atoms. The Hall–Kier alpha value is -1.07. The Balaban J connectivity index is 2.30. The summed E-state index contributed by atoms with van der Waals surface area (Å²) < 4.78 is 0.922. The third-order valence-corrected chi connectivity index (χ3v) is 3.79. The van der Waals surface area contributed by atoms with Crippen LogP contribution in [0.4, 0.5) is 5.69 Å². The van der Waals surface area contributed by atoms with E-state index in [-0.39, 0.29) is 18.5 Å². The van der Waals surface area contributed by atoms with Crippen LogP contribution in [0.1, 0.15) is 18.4 Å². The topological polar surface area (TPSA) is 73.3 Å². The van der Waals surface area contributed by atoms with Gasteiger partial charge in [-0.1, -0.05) is 0 Å². The first kappa shape index (κ1) is 12.4. The second-order valence-corrected chi connectivity index (χ2v) is 5.11. The van der Waals surface area contributed by atoms with Gasteiger partial charge in [-0.3, -0.25) is 5.41 Å². The fourth-order valence-corrected chi connectivity index (χ4v) is 2.86. The van der Waals surface area contributed by atoms with Crippen LogP contribution in [0.25, 0.3) is 0 Å². The molecule has 1 fully saturated rings. The monoisotopic (exact) mass is 297 g/mol. The summed E-state index contributed by atoms with van der Waals surface area (Å²) in [6.07, 6.45) is 2.13. The molecule has 1 heterocycles. The number of aliphatic hydroxyl groups is 1. The first-order chi connectivity index (χ1) is 8.13. The molecular formula is C12H16BrN3O. The maximum Gasteiger partial charge on any atom is 0.122 e. The van der Waals surface area contributed by atoms with Gasteiger partial charge in [-0.2, -0.15) is 0 Å². The molecule has 4 N–H and O–H groups in total. The molecule has 1 unspecified atom stereocenters. The van der Waals surface area contributed by atoms with Crippen LogP contribution in [0.15, 0.2) is 22.7 Å². The van der Waals surface area contributed by atoms with E-state index in [1.807, 2.05) is 18.2 Å². The number of nitrogen functional groups attached to an aromatic ring is 1. The predicted molar refractivity (Wildman–Crippen MR) is 72.6 cm³/mol. The number of anilines is 1. The van der Waals surface area contributed by atoms with E-state index in [1.54, 1.807) is 0 Å². The summed E-state index contributed by atoms with van der Waals surface area (Å²) in [7, 11) is 0. The summed E-state index contributed by atoms with van der Waals surface area (Å²) >= 11 is 3.51. The maximum atomic E-state index is 9.32. The lowest BCUT2D eigenvalue weighted by Gasteiger charge is -2.26. The number of halogens is 1. The molecule has 1 aromatic rings. The Morgan fingerprint density at radius 1 is 1.59 bits per heavy atom. The van der Waals surface area contributed by atoms with Gasteiger partial charge in [-0.15, -0.1) is 0 Å². The van der Waals surface area contributed by atoms with E-state index in [2.05, 4.69) is 20.8 Å². The number of hydrogen-bond acceptors (Lipinski definition) is 3. The van der Waals surface area contributed by atoms with Gasteiger partial charge in [0.1, 0.15) is 5.84 Å². The average molecular weight is 298 g/mol. The molecule has 92 valence electrons. The van der Waals surface area contributed by atoms with Crippen molar-refractivity contribution >= 4 is 27.5 Å². The molecule has 0 aromatic heterocycles. The van der Waals surface area contributed by atoms with Crippen LogP contribution in [0, 0.1) is 5.41 Å². The van der Waals surface area contributed by atoms with Crippen molar-refractivity contribution in [2.45, 2.75) is 18.9 Å². The van der Waals surface area contributed by atoms with Crippen LogP contribution in [0.3, 0.4) is 0 Å². The smallest absolute Gasteiger partial charge is 0.122 e. The fraction of sp³-hybridized carbons (Fsp3) is 0.417. The molecule has 1 atom stereocenters. The van der Waals surface area contributed by atoms with E-state index in [9.17, 15) is 5.11 Å². The molecule has 0 spiro atoms. The number of amidine groups is 1. The molecule has 0 bridgehead atoms. The second kappa shape index (κ2) is 5.06. The number of aliphatic hydroxyl groups excluding tert-OH is 1. The molecule has 1 aromatic carbocycles. The van der Waals surface area contributed by atoms with Crippen molar-refractivity contribution in [2.75, 3.05) is 18.1 Å². The van der Waals surface area contributed by atoms with Gasteiger partial charge in [0.25, 0.3) is 0 Å². The van der Waals surface area contributed by atoms with Crippen molar-refractivity contribution in [3.05, 3.63) is 28.2 Å². The molecule has 0 radical (unpaired) electrons. The predicted octanol–water partition coefficient (Wildman–Crippen LogP) is 1.69. The largest absolute Gasteiger partial charge is 0.394 e. The van der Waals surface area contributed by atoms with Crippen LogP contribution in [-0.4, -0.2) is 30.1 Å². The average Bonchev–Trinajstić information content (AvgIpc) is 2.76. The zero-order chi connectivity index (χ0) is 12.4. The van der Waals surface area contributed by atoms with Gasteiger partial charge in [-0.25, -0.2) is 0 Å². The van der Waals surface area contributed by atoms with E-state index in [4.69, 9.17) is 11.1 Å². The quantitative estimate of drug-likeness (QED) is 0.587. The highest BCUT2D eigenvalue weighted by atomic mass is 79.9. The molecule has 0 saturated carbocycles. The molecule has 1 saturated heterocycles. The number of hydrogen-bond donors (Lipinski definition) is 3. The van der Waals surface area contributed by atoms with Crippen molar-refractivity contribution in [1.82, 2.24) is 0 Å². The molecule has 2 rings (SSSR count). The van der Waals surface area contributed by atoms with Gasteiger partial charge in [0.2, 0.25) is 0 Å². The van der Waals surface area contributed by atoms with Crippen molar-refractivity contribution in [2.24, 2.45) is 5.73 Å². The van der Waals surface area contributed by atoms with Gasteiger partial charge >= 0.3 is 0 Å². The van der Waals surface area contributed by atoms with Crippen molar-refractivity contribution < 1.29 is 5.11 Å². The maximum absolute atomic E-state index is 9.32. The van der Waals surface area contributed by atoms with Gasteiger partial charge in [0.15, 0.2) is 0 Å². The Labute approximate surface area is 109 Å². The zero-order valence-corrected chi connectivity index (χ0v) is 11.1. The van der Waals surface area contributed by atoms with Gasteiger partial charge in [0.05, 0.1) is 18.3 Å². The van der Waals surface area contributed by atoms with Crippen LogP contribution >= 0.6 is 15.9 Å². The van der Waals surface area contributed by atoms with Crippen molar-refractivity contribution in [3.63, 3.8) is 0 Å². The normalized spacial score (nSPS) is 19.6. The molecule has 5 heteroatoms. The standard InChI is InChI=1S/C12H16BrN3O/c13-10-6-8(12(14)15)3-4-11(10)16-5-1-2-9(16)7-17/h3-4,6,9,17H,1-2,5,7H2,(H3,14,15). The number of nitrogens with two attached hydrogens (primary N) is 1. The Kier molecular flexibility index (Phi) is 3.69. The first-order valence-electron chi connectivity index (χ1n) is 5.65. The second-order valence-electron chi connectivity index (χ2n) is 4.25. The highest BCUT2D eigenvalue weighted by Crippen LogP contribution is 2.32. The Morgan fingerprint density at radius 2 is 2.35 bits per heavy atom. The summed E-state index contributed by atoms with van der Waals surface area (Å²) in [4.78, 5) is 2.20. The molecule has 1 aliphatic heterocycles. The molecule has 0 amide bonds. The Morgan fingerprint density at radius 3 is 2.94 bits per heavy atom. The fourth-order valence-electron chi connectivity index (χ4n) is 2.25. The van der Waals surface area contributed by atoms with Gasteiger partial charge in [-0.05, 0) is 47.0 Å². The summed E-state index contributed by atoms with van der Waals surface area (Å²) in [6, 6.07) is 5.85. The number of benzene rings is 1. The van der Waals surface area contributed by atoms with E-state index >= 15 is 0 Å². The third-order valence-electron chi connectivity index (χ3n) is 3.16. The van der Waals surface area contributed by atoms with E-state index in [1.165, 1.54) is 0 Å². The third kappa shape index (κ3) is 2.45. The molecular weight excluding hydrogens is 282 g/mol. The minimum Gasteiger partial charge on any atom is -0.394 e. The van der Waals surface area contributed by atoms with Crippen LogP contribution < -0.4 is 10.6 Å². The zero-order valence-electron chi connectivity index (χ0n) is 9.49. The summed E-state index contributed by atoms with van der Waals surface area (Å²) in [5.41, 5.74) is 7.22. The van der Waals surface area contributed by atoms with Gasteiger partial charge in [0, 0.05) is 16.6 Å². The minimum atomic E-state index is 0.0670. The van der Waals surface area contributed by atoms with E-state index in [0.717, 1.165) is 29.5 Å². The van der Waals surface area contributed by atoms with E-state index < -0.39 is 0 Å². The highest BCUT2D eigenvalue weighted by molar-refractivity contribution is 9.10. The number of rotatable bonds is 3. The van der Waals surface area contributed by atoms with Crippen LogP contribution in [-0.2, 0) is 0 Å². The van der Waals surface area contributed by atoms with Gasteiger partial charge < -0.3 is 15.7 Å². The van der Waals surface area contributed by atoms with Crippen molar-refractivity contribution in [3.8, 4) is 0 Å². The summed E-state index contributed by atoms with van der Waals surface area (Å²) in [5, 5.41) is 16.7. The molecule has 0 aliphatic carbocycles. The number of nitrogens with zero attached hydrogens (tertiary/aromatic N) is 1. The Bertz CT molecular complexity index is 436. The van der Waals surface area contributed by atoms with E-state index in [0.29, 0.717) is 5.56 Å². The minimum absolute atomic E-state index is 0.0670. The lowest BCUT2D eigenvalue weighted by molar-refractivity contribution is 0.266. The lowest BCUT2D eigenvalue weighted by Crippen LogP contribution is -2.32. The highest BCUT2D eigenvalue weighted by Gasteiger charge is 2.25. The lowest BCUT2D eigenvalue weighted by atomic mass is 10.1. The SMILES string of the molecule is N=C(N)c1ccc(N2CCCC2CO)c(Br)c1. The molecule has 4 nitrogen and oxygen atoms in total. The van der Waals surface area contributed by atoms with Crippen molar-refractivity contribution in [1.29, 1.82) is 5.41 Å².